The molecule has 0 saturated carbocycles. The van der Waals surface area contributed by atoms with Crippen LogP contribution < -0.4 is 16.2 Å². The van der Waals surface area contributed by atoms with Gasteiger partial charge in [-0.25, -0.2) is 10.8 Å². The fourth-order valence-corrected chi connectivity index (χ4v) is 2.35. The molecule has 0 aliphatic heterocycles. The quantitative estimate of drug-likeness (QED) is 0.573. The molecule has 0 bridgehead atoms. The zero-order valence-corrected chi connectivity index (χ0v) is 12.2. The molecule has 21 heavy (non-hydrogen) atoms. The van der Waals surface area contributed by atoms with E-state index in [0.717, 1.165) is 22.4 Å². The van der Waals surface area contributed by atoms with Gasteiger partial charge in [-0.15, -0.1) is 0 Å². The lowest BCUT2D eigenvalue weighted by Crippen LogP contribution is -2.16. The van der Waals surface area contributed by atoms with Crippen LogP contribution in [0.3, 0.4) is 0 Å². The van der Waals surface area contributed by atoms with Crippen molar-refractivity contribution < 1.29 is 0 Å². The highest BCUT2D eigenvalue weighted by Crippen LogP contribution is 2.31. The number of fused-ring (bicyclic) bond motifs is 1. The molecule has 0 amide bonds. The van der Waals surface area contributed by atoms with E-state index in [-0.39, 0.29) is 0 Å². The van der Waals surface area contributed by atoms with Gasteiger partial charge in [0.25, 0.3) is 0 Å². The Hall–Kier alpha value is -2.37. The number of benzene rings is 2. The van der Waals surface area contributed by atoms with E-state index in [4.69, 9.17) is 17.4 Å². The second kappa shape index (κ2) is 5.55. The highest BCUT2D eigenvalue weighted by Gasteiger charge is 2.13. The molecule has 2 aromatic carbocycles. The smallest absolute Gasteiger partial charge is 0.239 e. The summed E-state index contributed by atoms with van der Waals surface area (Å²) in [7, 11) is 1.94. The van der Waals surface area contributed by atoms with Crippen LogP contribution in [0.5, 0.6) is 0 Å². The maximum absolute atomic E-state index is 6.10. The molecule has 0 radical (unpaired) electrons. The first-order valence-electron chi connectivity index (χ1n) is 6.42. The van der Waals surface area contributed by atoms with Crippen molar-refractivity contribution in [2.75, 3.05) is 17.4 Å². The van der Waals surface area contributed by atoms with E-state index in [1.807, 2.05) is 54.4 Å². The molecule has 3 rings (SSSR count). The first kappa shape index (κ1) is 13.6. The summed E-state index contributed by atoms with van der Waals surface area (Å²) >= 11 is 6.10. The van der Waals surface area contributed by atoms with Crippen LogP contribution >= 0.6 is 11.6 Å². The number of nitrogens with one attached hydrogen (secondary N) is 1. The SMILES string of the molecule is CN(c1ccccc1)c1nc(NN)nc2ccc(Cl)cc12. The van der Waals surface area contributed by atoms with E-state index in [1.165, 1.54) is 0 Å². The summed E-state index contributed by atoms with van der Waals surface area (Å²) in [6.07, 6.45) is 0. The average molecular weight is 300 g/mol. The molecule has 106 valence electrons. The van der Waals surface area contributed by atoms with Crippen molar-refractivity contribution in [3.63, 3.8) is 0 Å². The summed E-state index contributed by atoms with van der Waals surface area (Å²) in [5.74, 6) is 6.56. The fraction of sp³-hybridized carbons (Fsp3) is 0.0667. The van der Waals surface area contributed by atoms with Gasteiger partial charge in [0, 0.05) is 23.1 Å². The minimum atomic E-state index is 0.364. The summed E-state index contributed by atoms with van der Waals surface area (Å²) in [6, 6.07) is 15.4. The number of anilines is 3. The Labute approximate surface area is 127 Å². The molecule has 6 heteroatoms. The van der Waals surface area contributed by atoms with E-state index < -0.39 is 0 Å². The molecule has 0 unspecified atom stereocenters. The third-order valence-electron chi connectivity index (χ3n) is 3.23. The molecule has 3 aromatic rings. The number of nitrogens with zero attached hydrogens (tertiary/aromatic N) is 3. The number of nitrogen functional groups attached to an aromatic ring is 1. The van der Waals surface area contributed by atoms with Gasteiger partial charge in [-0.05, 0) is 30.3 Å². The largest absolute Gasteiger partial charge is 0.329 e. The van der Waals surface area contributed by atoms with Crippen molar-refractivity contribution in [1.29, 1.82) is 0 Å². The predicted molar refractivity (Wildman–Crippen MR) is 86.9 cm³/mol. The summed E-state index contributed by atoms with van der Waals surface area (Å²) in [6.45, 7) is 0. The number of rotatable bonds is 3. The standard InChI is InChI=1S/C15H14ClN5/c1-21(11-5-3-2-4-6-11)14-12-9-10(16)7-8-13(12)18-15(19-14)20-17/h2-9H,17H2,1H3,(H,18,19,20). The van der Waals surface area contributed by atoms with Crippen LogP contribution in [-0.4, -0.2) is 17.0 Å². The Morgan fingerprint density at radius 1 is 1.10 bits per heavy atom. The van der Waals surface area contributed by atoms with Crippen LogP contribution in [0.1, 0.15) is 0 Å². The van der Waals surface area contributed by atoms with Crippen molar-refractivity contribution in [1.82, 2.24) is 9.97 Å². The normalized spacial score (nSPS) is 10.6. The van der Waals surface area contributed by atoms with Gasteiger partial charge in [-0.3, -0.25) is 5.43 Å². The number of halogens is 1. The van der Waals surface area contributed by atoms with Crippen LogP contribution in [-0.2, 0) is 0 Å². The Morgan fingerprint density at radius 3 is 2.57 bits per heavy atom. The fourth-order valence-electron chi connectivity index (χ4n) is 2.18. The van der Waals surface area contributed by atoms with Crippen LogP contribution in [0.25, 0.3) is 10.9 Å². The van der Waals surface area contributed by atoms with E-state index in [9.17, 15) is 0 Å². The monoisotopic (exact) mass is 299 g/mol. The summed E-state index contributed by atoms with van der Waals surface area (Å²) in [5, 5.41) is 1.51. The van der Waals surface area contributed by atoms with Gasteiger partial charge in [-0.2, -0.15) is 4.98 Å². The third kappa shape index (κ3) is 2.61. The van der Waals surface area contributed by atoms with Gasteiger partial charge >= 0.3 is 0 Å². The van der Waals surface area contributed by atoms with Crippen LogP contribution in [0, 0.1) is 0 Å². The molecule has 0 aliphatic carbocycles. The van der Waals surface area contributed by atoms with Crippen molar-refractivity contribution in [2.45, 2.75) is 0 Å². The first-order valence-corrected chi connectivity index (χ1v) is 6.79. The Morgan fingerprint density at radius 2 is 1.86 bits per heavy atom. The molecule has 0 atom stereocenters. The number of para-hydroxylation sites is 1. The maximum Gasteiger partial charge on any atom is 0.239 e. The van der Waals surface area contributed by atoms with Gasteiger partial charge in [0.1, 0.15) is 5.82 Å². The highest BCUT2D eigenvalue weighted by atomic mass is 35.5. The molecular formula is C15H14ClN5. The lowest BCUT2D eigenvalue weighted by atomic mass is 10.2. The Bertz CT molecular complexity index is 776. The Kier molecular flexibility index (Phi) is 3.60. The van der Waals surface area contributed by atoms with Gasteiger partial charge in [-0.1, -0.05) is 29.8 Å². The summed E-state index contributed by atoms with van der Waals surface area (Å²) in [5.41, 5.74) is 4.29. The molecule has 0 aliphatic rings. The number of nitrogens with two attached hydrogens (primary N) is 1. The number of hydrogen-bond donors (Lipinski definition) is 2. The van der Waals surface area contributed by atoms with Crippen LogP contribution in [0.4, 0.5) is 17.5 Å². The molecule has 1 aromatic heterocycles. The third-order valence-corrected chi connectivity index (χ3v) is 3.46. The molecular weight excluding hydrogens is 286 g/mol. The highest BCUT2D eigenvalue weighted by molar-refractivity contribution is 6.31. The van der Waals surface area contributed by atoms with Gasteiger partial charge in [0.2, 0.25) is 5.95 Å². The van der Waals surface area contributed by atoms with E-state index in [0.29, 0.717) is 11.0 Å². The van der Waals surface area contributed by atoms with Crippen molar-refractivity contribution in [3.05, 3.63) is 53.6 Å². The maximum atomic E-state index is 6.10. The molecule has 0 saturated heterocycles. The van der Waals surface area contributed by atoms with E-state index in [1.54, 1.807) is 6.07 Å². The molecule has 3 N–H and O–H groups in total. The van der Waals surface area contributed by atoms with Gasteiger partial charge in [0.05, 0.1) is 5.52 Å². The second-order valence-electron chi connectivity index (χ2n) is 4.57. The van der Waals surface area contributed by atoms with Crippen molar-refractivity contribution >= 4 is 40.0 Å². The lowest BCUT2D eigenvalue weighted by Gasteiger charge is -2.20. The molecule has 0 fully saturated rings. The number of aromatic nitrogens is 2. The zero-order chi connectivity index (χ0) is 14.8. The molecule has 5 nitrogen and oxygen atoms in total. The van der Waals surface area contributed by atoms with Crippen LogP contribution in [0.2, 0.25) is 5.02 Å². The summed E-state index contributed by atoms with van der Waals surface area (Å²) in [4.78, 5) is 10.8. The topological polar surface area (TPSA) is 67.1 Å². The van der Waals surface area contributed by atoms with Gasteiger partial charge < -0.3 is 4.90 Å². The molecule has 1 heterocycles. The van der Waals surface area contributed by atoms with Crippen molar-refractivity contribution in [3.8, 4) is 0 Å². The summed E-state index contributed by atoms with van der Waals surface area (Å²) < 4.78 is 0. The Balaban J connectivity index is 2.22. The van der Waals surface area contributed by atoms with Crippen LogP contribution in [0.15, 0.2) is 48.5 Å². The molecule has 0 spiro atoms. The minimum Gasteiger partial charge on any atom is -0.329 e. The minimum absolute atomic E-state index is 0.364. The predicted octanol–water partition coefficient (Wildman–Crippen LogP) is 3.34. The van der Waals surface area contributed by atoms with Crippen molar-refractivity contribution in [2.24, 2.45) is 5.84 Å². The van der Waals surface area contributed by atoms with E-state index >= 15 is 0 Å². The van der Waals surface area contributed by atoms with E-state index in [2.05, 4.69) is 15.4 Å². The number of hydrazine groups is 1. The number of hydrogen-bond acceptors (Lipinski definition) is 5. The zero-order valence-electron chi connectivity index (χ0n) is 11.4. The second-order valence-corrected chi connectivity index (χ2v) is 5.01. The average Bonchev–Trinajstić information content (AvgIpc) is 2.54. The lowest BCUT2D eigenvalue weighted by molar-refractivity contribution is 1.09. The first-order chi connectivity index (χ1) is 10.2. The van der Waals surface area contributed by atoms with Gasteiger partial charge in [0.15, 0.2) is 0 Å².